The van der Waals surface area contributed by atoms with Crippen LogP contribution in [0, 0.1) is 5.92 Å². The van der Waals surface area contributed by atoms with E-state index in [-0.39, 0.29) is 11.1 Å². The summed E-state index contributed by atoms with van der Waals surface area (Å²) >= 11 is 4.77. The van der Waals surface area contributed by atoms with Gasteiger partial charge in [-0.1, -0.05) is 26.1 Å². The highest BCUT2D eigenvalue weighted by molar-refractivity contribution is 7.80. The lowest BCUT2D eigenvalue weighted by molar-refractivity contribution is 0.162. The molecule has 4 nitrogen and oxygen atoms in total. The first-order valence-corrected chi connectivity index (χ1v) is 5.20. The molecule has 82 valence electrons. The largest absolute Gasteiger partial charge is 0.473 e. The van der Waals surface area contributed by atoms with E-state index in [1.165, 1.54) is 12.4 Å². The van der Waals surface area contributed by atoms with E-state index in [2.05, 4.69) is 23.8 Å². The summed E-state index contributed by atoms with van der Waals surface area (Å²) in [5.41, 5.74) is 5.91. The molecule has 0 bridgehead atoms. The average Bonchev–Trinajstić information content (AvgIpc) is 2.18. The van der Waals surface area contributed by atoms with Gasteiger partial charge < -0.3 is 10.5 Å². The van der Waals surface area contributed by atoms with E-state index in [4.69, 9.17) is 22.7 Å². The summed E-state index contributed by atoms with van der Waals surface area (Å²) in [5.74, 6) is 0.929. The van der Waals surface area contributed by atoms with Crippen molar-refractivity contribution in [3.8, 4) is 5.88 Å². The van der Waals surface area contributed by atoms with Crippen LogP contribution < -0.4 is 10.5 Å². The fourth-order valence-corrected chi connectivity index (χ4v) is 0.936. The Bertz CT molecular complexity index is 337. The van der Waals surface area contributed by atoms with Crippen LogP contribution in [0.15, 0.2) is 12.4 Å². The van der Waals surface area contributed by atoms with Crippen LogP contribution in [0.5, 0.6) is 5.88 Å². The maximum absolute atomic E-state index is 5.55. The topological polar surface area (TPSA) is 61.0 Å². The molecule has 1 aromatic rings. The number of rotatable bonds is 4. The number of hydrogen-bond donors (Lipinski definition) is 1. The smallest absolute Gasteiger partial charge is 0.232 e. The number of hydrogen-bond acceptors (Lipinski definition) is 4. The van der Waals surface area contributed by atoms with E-state index in [1.807, 2.05) is 6.92 Å². The van der Waals surface area contributed by atoms with Crippen LogP contribution >= 0.6 is 12.2 Å². The van der Waals surface area contributed by atoms with Crippen molar-refractivity contribution < 1.29 is 4.74 Å². The second-order valence-electron chi connectivity index (χ2n) is 3.67. The molecule has 0 spiro atoms. The molecule has 1 atom stereocenters. The summed E-state index contributed by atoms with van der Waals surface area (Å²) in [6.07, 6.45) is 3.16. The minimum Gasteiger partial charge on any atom is -0.473 e. The Morgan fingerprint density at radius 3 is 2.40 bits per heavy atom. The Balaban J connectivity index is 2.68. The Hall–Kier alpha value is -1.23. The lowest BCUT2D eigenvalue weighted by atomic mass is 10.1. The Labute approximate surface area is 94.9 Å². The minimum atomic E-state index is 0.106. The molecule has 1 heterocycles. The Morgan fingerprint density at radius 2 is 2.00 bits per heavy atom. The minimum absolute atomic E-state index is 0.106. The molecule has 5 heteroatoms. The van der Waals surface area contributed by atoms with Gasteiger partial charge >= 0.3 is 0 Å². The molecule has 0 saturated heterocycles. The quantitative estimate of drug-likeness (QED) is 0.787. The van der Waals surface area contributed by atoms with Crippen LogP contribution in [0.3, 0.4) is 0 Å². The zero-order chi connectivity index (χ0) is 11.4. The van der Waals surface area contributed by atoms with Crippen molar-refractivity contribution >= 4 is 17.2 Å². The molecular formula is C10H15N3OS. The second-order valence-corrected chi connectivity index (χ2v) is 4.11. The SMILES string of the molecule is CC(C)C(C)Oc1cnc(C(N)=S)cn1. The van der Waals surface area contributed by atoms with Crippen molar-refractivity contribution in [3.05, 3.63) is 18.1 Å². The van der Waals surface area contributed by atoms with Gasteiger partial charge in [0, 0.05) is 0 Å². The maximum Gasteiger partial charge on any atom is 0.232 e. The molecule has 0 aliphatic carbocycles. The molecule has 15 heavy (non-hydrogen) atoms. The second kappa shape index (κ2) is 5.02. The summed E-state index contributed by atoms with van der Waals surface area (Å²) in [5, 5.41) is 0. The Kier molecular flexibility index (Phi) is 3.96. The lowest BCUT2D eigenvalue weighted by Crippen LogP contribution is -2.20. The molecule has 1 unspecified atom stereocenters. The molecule has 0 fully saturated rings. The number of aromatic nitrogens is 2. The van der Waals surface area contributed by atoms with Crippen LogP contribution in [0.4, 0.5) is 0 Å². The highest BCUT2D eigenvalue weighted by atomic mass is 32.1. The summed E-state index contributed by atoms with van der Waals surface area (Å²) in [6, 6.07) is 0. The van der Waals surface area contributed by atoms with Crippen LogP contribution in [-0.4, -0.2) is 21.1 Å². The molecule has 1 rings (SSSR count). The van der Waals surface area contributed by atoms with Gasteiger partial charge in [-0.05, 0) is 12.8 Å². The summed E-state index contributed by atoms with van der Waals surface area (Å²) in [4.78, 5) is 8.35. The first-order valence-electron chi connectivity index (χ1n) is 4.79. The fraction of sp³-hybridized carbons (Fsp3) is 0.500. The van der Waals surface area contributed by atoms with Crippen molar-refractivity contribution in [1.29, 1.82) is 0 Å². The van der Waals surface area contributed by atoms with Gasteiger partial charge in [0.2, 0.25) is 5.88 Å². The molecule has 0 aromatic carbocycles. The third-order valence-electron chi connectivity index (χ3n) is 2.13. The number of nitrogens with two attached hydrogens (primary N) is 1. The number of nitrogens with zero attached hydrogens (tertiary/aromatic N) is 2. The van der Waals surface area contributed by atoms with Gasteiger partial charge in [-0.2, -0.15) is 0 Å². The first-order chi connectivity index (χ1) is 7.00. The van der Waals surface area contributed by atoms with Crippen molar-refractivity contribution in [2.45, 2.75) is 26.9 Å². The Morgan fingerprint density at radius 1 is 1.33 bits per heavy atom. The van der Waals surface area contributed by atoms with Crippen LogP contribution in [-0.2, 0) is 0 Å². The normalized spacial score (nSPS) is 12.5. The molecular weight excluding hydrogens is 210 g/mol. The van der Waals surface area contributed by atoms with Crippen LogP contribution in [0.1, 0.15) is 26.5 Å². The van der Waals surface area contributed by atoms with E-state index >= 15 is 0 Å². The predicted octanol–water partition coefficient (Wildman–Crippen LogP) is 1.53. The van der Waals surface area contributed by atoms with Crippen LogP contribution in [0.25, 0.3) is 0 Å². The van der Waals surface area contributed by atoms with Gasteiger partial charge in [0.05, 0.1) is 18.5 Å². The summed E-state index contributed by atoms with van der Waals surface area (Å²) in [6.45, 7) is 6.16. The van der Waals surface area contributed by atoms with E-state index in [0.717, 1.165) is 0 Å². The third kappa shape index (κ3) is 3.43. The highest BCUT2D eigenvalue weighted by Gasteiger charge is 2.09. The average molecular weight is 225 g/mol. The van der Waals surface area contributed by atoms with Crippen molar-refractivity contribution in [1.82, 2.24) is 9.97 Å². The maximum atomic E-state index is 5.55. The van der Waals surface area contributed by atoms with Gasteiger partial charge in [0.1, 0.15) is 10.7 Å². The zero-order valence-corrected chi connectivity index (χ0v) is 9.91. The fourth-order valence-electron chi connectivity index (χ4n) is 0.831. The molecule has 0 aliphatic rings. The van der Waals surface area contributed by atoms with Gasteiger partial charge in [-0.3, -0.25) is 0 Å². The third-order valence-corrected chi connectivity index (χ3v) is 2.34. The zero-order valence-electron chi connectivity index (χ0n) is 9.10. The summed E-state index contributed by atoms with van der Waals surface area (Å²) < 4.78 is 5.55. The van der Waals surface area contributed by atoms with Crippen molar-refractivity contribution in [3.63, 3.8) is 0 Å². The molecule has 0 aliphatic heterocycles. The molecule has 0 amide bonds. The van der Waals surface area contributed by atoms with E-state index in [9.17, 15) is 0 Å². The lowest BCUT2D eigenvalue weighted by Gasteiger charge is -2.16. The van der Waals surface area contributed by atoms with Crippen molar-refractivity contribution in [2.75, 3.05) is 0 Å². The van der Waals surface area contributed by atoms with Gasteiger partial charge in [-0.25, -0.2) is 9.97 Å². The molecule has 0 saturated carbocycles. The summed E-state index contributed by atoms with van der Waals surface area (Å²) in [7, 11) is 0. The van der Waals surface area contributed by atoms with Gasteiger partial charge in [0.15, 0.2) is 0 Å². The van der Waals surface area contributed by atoms with Crippen molar-refractivity contribution in [2.24, 2.45) is 11.7 Å². The number of ether oxygens (including phenoxy) is 1. The molecule has 1 aromatic heterocycles. The monoisotopic (exact) mass is 225 g/mol. The standard InChI is InChI=1S/C10H15N3OS/c1-6(2)7(3)14-9-5-12-8(4-13-9)10(11)15/h4-7H,1-3H3,(H2,11,15). The highest BCUT2D eigenvalue weighted by Crippen LogP contribution is 2.11. The van der Waals surface area contributed by atoms with Gasteiger partial charge in [-0.15, -0.1) is 0 Å². The van der Waals surface area contributed by atoms with Gasteiger partial charge in [0.25, 0.3) is 0 Å². The molecule has 0 radical (unpaired) electrons. The first kappa shape index (κ1) is 11.8. The predicted molar refractivity (Wildman–Crippen MR) is 62.8 cm³/mol. The number of thiocarbonyl (C=S) groups is 1. The van der Waals surface area contributed by atoms with E-state index < -0.39 is 0 Å². The molecule has 2 N–H and O–H groups in total. The van der Waals surface area contributed by atoms with E-state index in [1.54, 1.807) is 0 Å². The van der Waals surface area contributed by atoms with Crippen LogP contribution in [0.2, 0.25) is 0 Å². The van der Waals surface area contributed by atoms with E-state index in [0.29, 0.717) is 17.5 Å².